The Morgan fingerprint density at radius 1 is 0.242 bits per heavy atom. The van der Waals surface area contributed by atoms with E-state index in [1.54, 1.807) is 0 Å². The van der Waals surface area contributed by atoms with E-state index in [-0.39, 0.29) is 0 Å². The summed E-state index contributed by atoms with van der Waals surface area (Å²) in [6.07, 6.45) is 0. The van der Waals surface area contributed by atoms with Crippen LogP contribution in [0.4, 0.5) is 0 Å². The van der Waals surface area contributed by atoms with Crippen molar-refractivity contribution in [3.05, 3.63) is 249 Å². The molecular weight excluding hydrogens is 799 g/mol. The minimum Gasteiger partial charge on any atom is -0.309 e. The van der Waals surface area contributed by atoms with Gasteiger partial charge in [-0.2, -0.15) is 0 Å². The SMILES string of the molecule is c1ccc(-c2cc(-c3cccc(-n4c5ccccc5c5cc(-c6ccc7c8ccccc8n(-c8ccc(-c9cccc%10ccccc9%10)cc8)c7c6)ccc54)c3)cc(-c3ccccc3)n2)cc1. The lowest BCUT2D eigenvalue weighted by Gasteiger charge is -2.13. The van der Waals surface area contributed by atoms with Crippen molar-refractivity contribution in [3.8, 4) is 67.3 Å². The molecule has 0 radical (unpaired) electrons. The van der Waals surface area contributed by atoms with Crippen molar-refractivity contribution in [1.82, 2.24) is 14.1 Å². The molecule has 66 heavy (non-hydrogen) atoms. The number of pyridine rings is 1. The Balaban J connectivity index is 0.917. The van der Waals surface area contributed by atoms with Gasteiger partial charge in [-0.1, -0.05) is 182 Å². The fourth-order valence-corrected chi connectivity index (χ4v) is 10.2. The molecule has 0 amide bonds. The molecule has 10 aromatic carbocycles. The molecule has 0 aliphatic rings. The monoisotopic (exact) mass is 839 g/mol. The Bertz CT molecular complexity index is 3910. The first-order valence-electron chi connectivity index (χ1n) is 22.6. The van der Waals surface area contributed by atoms with Crippen LogP contribution in [0.3, 0.4) is 0 Å². The summed E-state index contributed by atoms with van der Waals surface area (Å²) in [7, 11) is 0. The fraction of sp³-hybridized carbons (Fsp3) is 0. The first-order valence-corrected chi connectivity index (χ1v) is 22.6. The van der Waals surface area contributed by atoms with Crippen molar-refractivity contribution in [2.24, 2.45) is 0 Å². The summed E-state index contributed by atoms with van der Waals surface area (Å²) >= 11 is 0. The zero-order valence-corrected chi connectivity index (χ0v) is 36.0. The first kappa shape index (κ1) is 37.7. The lowest BCUT2D eigenvalue weighted by molar-refractivity contribution is 1.18. The summed E-state index contributed by atoms with van der Waals surface area (Å²) in [6, 6.07) is 90.1. The second-order valence-electron chi connectivity index (χ2n) is 17.2. The van der Waals surface area contributed by atoms with E-state index in [0.29, 0.717) is 0 Å². The van der Waals surface area contributed by atoms with E-state index in [1.165, 1.54) is 76.6 Å². The summed E-state index contributed by atoms with van der Waals surface area (Å²) in [4.78, 5) is 5.15. The third-order valence-electron chi connectivity index (χ3n) is 13.3. The number of para-hydroxylation sites is 2. The van der Waals surface area contributed by atoms with Crippen LogP contribution < -0.4 is 0 Å². The van der Waals surface area contributed by atoms with Gasteiger partial charge in [0.1, 0.15) is 0 Å². The van der Waals surface area contributed by atoms with Crippen molar-refractivity contribution in [1.29, 1.82) is 0 Å². The maximum Gasteiger partial charge on any atom is 0.0715 e. The van der Waals surface area contributed by atoms with Crippen LogP contribution in [0.5, 0.6) is 0 Å². The predicted molar refractivity (Wildman–Crippen MR) is 278 cm³/mol. The zero-order chi connectivity index (χ0) is 43.6. The van der Waals surface area contributed by atoms with Crippen LogP contribution >= 0.6 is 0 Å². The number of aromatic nitrogens is 3. The number of hydrogen-bond donors (Lipinski definition) is 0. The summed E-state index contributed by atoms with van der Waals surface area (Å²) in [5.74, 6) is 0. The van der Waals surface area contributed by atoms with E-state index in [2.05, 4.69) is 258 Å². The van der Waals surface area contributed by atoms with E-state index in [0.717, 1.165) is 45.0 Å². The minimum atomic E-state index is 0.954. The van der Waals surface area contributed by atoms with Crippen LogP contribution in [0.1, 0.15) is 0 Å². The Kier molecular flexibility index (Phi) is 8.85. The van der Waals surface area contributed by atoms with Crippen LogP contribution in [-0.2, 0) is 0 Å². The van der Waals surface area contributed by atoms with E-state index in [1.807, 2.05) is 0 Å². The van der Waals surface area contributed by atoms with Gasteiger partial charge in [0, 0.05) is 44.0 Å². The second kappa shape index (κ2) is 15.5. The Labute approximate surface area is 382 Å². The van der Waals surface area contributed by atoms with Crippen molar-refractivity contribution >= 4 is 54.4 Å². The van der Waals surface area contributed by atoms with Gasteiger partial charge >= 0.3 is 0 Å². The predicted octanol–water partition coefficient (Wildman–Crippen LogP) is 16.8. The number of hydrogen-bond acceptors (Lipinski definition) is 1. The fourth-order valence-electron chi connectivity index (χ4n) is 10.2. The van der Waals surface area contributed by atoms with Gasteiger partial charge in [-0.15, -0.1) is 0 Å². The molecule has 0 N–H and O–H groups in total. The maximum absolute atomic E-state index is 5.15. The molecule has 13 aromatic rings. The van der Waals surface area contributed by atoms with Crippen molar-refractivity contribution in [2.45, 2.75) is 0 Å². The summed E-state index contributed by atoms with van der Waals surface area (Å²) in [6.45, 7) is 0. The Hall–Kier alpha value is -8.79. The van der Waals surface area contributed by atoms with E-state index >= 15 is 0 Å². The number of rotatable bonds is 7. The molecule has 0 bridgehead atoms. The standard InChI is InChI=1S/C63H41N3/c1-3-16-44(17-4-1)58-39-49(40-59(64-58)45-18-5-2-6-19-45)46-21-13-22-51(37-46)66-61-28-12-10-25-55(61)57-38-47(32-36-62(57)66)48-31-35-56-54-24-9-11-27-60(54)65(63(56)41-48)50-33-29-43(30-34-50)53-26-14-20-42-15-7-8-23-52(42)53/h1-41H. The van der Waals surface area contributed by atoms with Gasteiger partial charge in [0.05, 0.1) is 33.5 Å². The molecular formula is C63H41N3. The first-order chi connectivity index (χ1) is 32.7. The molecule has 0 spiro atoms. The van der Waals surface area contributed by atoms with Crippen molar-refractivity contribution in [2.75, 3.05) is 0 Å². The highest BCUT2D eigenvalue weighted by Crippen LogP contribution is 2.40. The average molecular weight is 840 g/mol. The molecule has 3 heterocycles. The molecule has 0 fully saturated rings. The van der Waals surface area contributed by atoms with Gasteiger partial charge in [0.25, 0.3) is 0 Å². The van der Waals surface area contributed by atoms with E-state index in [9.17, 15) is 0 Å². The summed E-state index contributed by atoms with van der Waals surface area (Å²) in [5.41, 5.74) is 18.2. The molecule has 0 aliphatic heterocycles. The molecule has 0 atom stereocenters. The Morgan fingerprint density at radius 3 is 1.47 bits per heavy atom. The van der Waals surface area contributed by atoms with Gasteiger partial charge in [0.2, 0.25) is 0 Å². The molecule has 13 rings (SSSR count). The van der Waals surface area contributed by atoms with Gasteiger partial charge in [-0.25, -0.2) is 4.98 Å². The highest BCUT2D eigenvalue weighted by molar-refractivity contribution is 6.12. The van der Waals surface area contributed by atoms with E-state index in [4.69, 9.17) is 4.98 Å². The van der Waals surface area contributed by atoms with Gasteiger partial charge < -0.3 is 9.13 Å². The van der Waals surface area contributed by atoms with Crippen LogP contribution in [-0.4, -0.2) is 14.1 Å². The van der Waals surface area contributed by atoms with Gasteiger partial charge in [-0.3, -0.25) is 0 Å². The normalized spacial score (nSPS) is 11.6. The van der Waals surface area contributed by atoms with Crippen LogP contribution in [0.15, 0.2) is 249 Å². The van der Waals surface area contributed by atoms with Crippen molar-refractivity contribution in [3.63, 3.8) is 0 Å². The molecule has 0 aliphatic carbocycles. The zero-order valence-electron chi connectivity index (χ0n) is 36.0. The summed E-state index contributed by atoms with van der Waals surface area (Å²) < 4.78 is 4.84. The Morgan fingerprint density at radius 2 is 0.742 bits per heavy atom. The molecule has 308 valence electrons. The average Bonchev–Trinajstić information content (AvgIpc) is 3.91. The van der Waals surface area contributed by atoms with Crippen LogP contribution in [0.25, 0.3) is 122 Å². The smallest absolute Gasteiger partial charge is 0.0715 e. The van der Waals surface area contributed by atoms with Crippen LogP contribution in [0, 0.1) is 0 Å². The highest BCUT2D eigenvalue weighted by Gasteiger charge is 2.18. The highest BCUT2D eigenvalue weighted by atomic mass is 15.0. The number of nitrogens with zero attached hydrogens (tertiary/aromatic N) is 3. The molecule has 3 aromatic heterocycles. The number of benzene rings is 10. The molecule has 0 saturated carbocycles. The van der Waals surface area contributed by atoms with Crippen LogP contribution in [0.2, 0.25) is 0 Å². The second-order valence-corrected chi connectivity index (χ2v) is 17.2. The largest absolute Gasteiger partial charge is 0.309 e. The maximum atomic E-state index is 5.15. The third kappa shape index (κ3) is 6.32. The summed E-state index contributed by atoms with van der Waals surface area (Å²) in [5, 5.41) is 7.46. The minimum absolute atomic E-state index is 0.954. The lowest BCUT2D eigenvalue weighted by Crippen LogP contribution is -1.95. The van der Waals surface area contributed by atoms with E-state index < -0.39 is 0 Å². The molecule has 0 saturated heterocycles. The number of fused-ring (bicyclic) bond motifs is 7. The third-order valence-corrected chi connectivity index (χ3v) is 13.3. The van der Waals surface area contributed by atoms with Crippen molar-refractivity contribution < 1.29 is 0 Å². The molecule has 3 heteroatoms. The lowest BCUT2D eigenvalue weighted by atomic mass is 9.98. The van der Waals surface area contributed by atoms with Gasteiger partial charge in [0.15, 0.2) is 0 Å². The molecule has 3 nitrogen and oxygen atoms in total. The quantitative estimate of drug-likeness (QED) is 0.157. The van der Waals surface area contributed by atoms with Gasteiger partial charge in [-0.05, 0) is 111 Å². The molecule has 0 unspecified atom stereocenters. The topological polar surface area (TPSA) is 22.8 Å².